The van der Waals surface area contributed by atoms with Crippen LogP contribution in [-0.4, -0.2) is 23.6 Å². The Bertz CT molecular complexity index is 532. The average molecular weight is 305 g/mol. The molecular weight excluding hydrogens is 291 g/mol. The van der Waals surface area contributed by atoms with E-state index in [0.717, 1.165) is 12.1 Å². The Kier molecular flexibility index (Phi) is 5.51. The molecule has 0 spiro atoms. The molecule has 0 aliphatic rings. The summed E-state index contributed by atoms with van der Waals surface area (Å²) in [4.78, 5) is 21.8. The van der Waals surface area contributed by atoms with Crippen molar-refractivity contribution in [1.29, 1.82) is 0 Å². The number of nitrogens with one attached hydrogen (secondary N) is 1. The molecule has 9 heteroatoms. The van der Waals surface area contributed by atoms with Crippen LogP contribution in [0.3, 0.4) is 0 Å². The number of nitrogens with two attached hydrogens (primary N) is 1. The topological polar surface area (TPSA) is 98.3 Å². The minimum absolute atomic E-state index is 0.000860. The number of nitrogens with zero attached hydrogens (tertiary/aromatic N) is 1. The number of nitrogen functional groups attached to an aromatic ring is 1. The number of unbranched alkanes of at least 4 members (excludes halogenated alkanes) is 1. The summed E-state index contributed by atoms with van der Waals surface area (Å²) < 4.78 is 35.7. The van der Waals surface area contributed by atoms with E-state index >= 15 is 0 Å². The first-order chi connectivity index (χ1) is 9.70. The predicted molar refractivity (Wildman–Crippen MR) is 69.7 cm³/mol. The summed E-state index contributed by atoms with van der Waals surface area (Å²) >= 11 is 0. The third kappa shape index (κ3) is 5.67. The van der Waals surface area contributed by atoms with Gasteiger partial charge in [-0.1, -0.05) is 0 Å². The van der Waals surface area contributed by atoms with E-state index in [0.29, 0.717) is 0 Å². The van der Waals surface area contributed by atoms with Crippen molar-refractivity contribution in [2.24, 2.45) is 0 Å². The fraction of sp³-hybridized carbons (Fsp3) is 0.417. The highest BCUT2D eigenvalue weighted by Gasteiger charge is 2.26. The van der Waals surface area contributed by atoms with Gasteiger partial charge in [0.15, 0.2) is 0 Å². The zero-order chi connectivity index (χ0) is 16.0. The molecule has 0 aliphatic carbocycles. The number of benzene rings is 1. The van der Waals surface area contributed by atoms with E-state index in [1.807, 2.05) is 0 Å². The molecular formula is C12H14F3N3O3. The third-order valence-electron chi connectivity index (χ3n) is 2.63. The van der Waals surface area contributed by atoms with Gasteiger partial charge in [-0.05, 0) is 25.0 Å². The summed E-state index contributed by atoms with van der Waals surface area (Å²) in [6, 6.07) is 3.55. The van der Waals surface area contributed by atoms with Gasteiger partial charge in [-0.3, -0.25) is 14.9 Å². The molecule has 0 atom stereocenters. The molecule has 0 aliphatic heterocycles. The lowest BCUT2D eigenvalue weighted by molar-refractivity contribution is -0.385. The monoisotopic (exact) mass is 305 g/mol. The number of hydrogen-bond acceptors (Lipinski definition) is 4. The molecule has 1 aromatic rings. The maximum Gasteiger partial charge on any atom is 0.389 e. The first kappa shape index (κ1) is 16.7. The Hall–Kier alpha value is -2.32. The van der Waals surface area contributed by atoms with Crippen molar-refractivity contribution < 1.29 is 22.9 Å². The van der Waals surface area contributed by atoms with E-state index in [1.165, 1.54) is 6.07 Å². The number of carbonyl (C=O) groups is 1. The number of anilines is 1. The van der Waals surface area contributed by atoms with Gasteiger partial charge in [-0.15, -0.1) is 0 Å². The SMILES string of the molecule is Nc1ccc([N+](=O)[O-])c(C(=O)NCCCCC(F)(F)F)c1. The van der Waals surface area contributed by atoms with Crippen molar-refractivity contribution in [3.63, 3.8) is 0 Å². The molecule has 116 valence electrons. The van der Waals surface area contributed by atoms with Crippen molar-refractivity contribution in [2.75, 3.05) is 12.3 Å². The largest absolute Gasteiger partial charge is 0.399 e. The van der Waals surface area contributed by atoms with Crippen LogP contribution in [0, 0.1) is 10.1 Å². The quantitative estimate of drug-likeness (QED) is 0.365. The molecule has 21 heavy (non-hydrogen) atoms. The normalized spacial score (nSPS) is 11.2. The Balaban J connectivity index is 2.56. The fourth-order valence-corrected chi connectivity index (χ4v) is 1.64. The van der Waals surface area contributed by atoms with Crippen LogP contribution in [0.5, 0.6) is 0 Å². The standard InChI is InChI=1S/C12H14F3N3O3/c13-12(14,15)5-1-2-6-17-11(19)9-7-8(16)3-4-10(9)18(20)21/h3-4,7H,1-2,5-6,16H2,(H,17,19). The zero-order valence-corrected chi connectivity index (χ0v) is 10.9. The van der Waals surface area contributed by atoms with Gasteiger partial charge in [0.2, 0.25) is 0 Å². The molecule has 0 unspecified atom stereocenters. The van der Waals surface area contributed by atoms with Crippen LogP contribution in [0.4, 0.5) is 24.5 Å². The summed E-state index contributed by atoms with van der Waals surface area (Å²) in [7, 11) is 0. The van der Waals surface area contributed by atoms with Crippen molar-refractivity contribution in [1.82, 2.24) is 5.32 Å². The maximum absolute atomic E-state index is 11.9. The number of hydrogen-bond donors (Lipinski definition) is 2. The van der Waals surface area contributed by atoms with Crippen LogP contribution in [-0.2, 0) is 0 Å². The van der Waals surface area contributed by atoms with Crippen LogP contribution >= 0.6 is 0 Å². The first-order valence-electron chi connectivity index (χ1n) is 6.09. The minimum atomic E-state index is -4.23. The lowest BCUT2D eigenvalue weighted by atomic mass is 10.1. The van der Waals surface area contributed by atoms with Crippen LogP contribution in [0.15, 0.2) is 18.2 Å². The zero-order valence-electron chi connectivity index (χ0n) is 10.9. The molecule has 0 radical (unpaired) electrons. The van der Waals surface area contributed by atoms with Gasteiger partial charge >= 0.3 is 6.18 Å². The molecule has 0 heterocycles. The molecule has 1 rings (SSSR count). The molecule has 3 N–H and O–H groups in total. The highest BCUT2D eigenvalue weighted by molar-refractivity contribution is 5.99. The Morgan fingerprint density at radius 3 is 2.57 bits per heavy atom. The van der Waals surface area contributed by atoms with Crippen LogP contribution < -0.4 is 11.1 Å². The van der Waals surface area contributed by atoms with E-state index in [4.69, 9.17) is 5.73 Å². The summed E-state index contributed by atoms with van der Waals surface area (Å²) in [5.74, 6) is -0.735. The van der Waals surface area contributed by atoms with Crippen molar-refractivity contribution in [3.8, 4) is 0 Å². The number of carbonyl (C=O) groups excluding carboxylic acids is 1. The summed E-state index contributed by atoms with van der Waals surface area (Å²) in [5.41, 5.74) is 5.03. The molecule has 1 amide bonds. The molecule has 0 saturated carbocycles. The Morgan fingerprint density at radius 1 is 1.33 bits per heavy atom. The molecule has 0 saturated heterocycles. The second-order valence-corrected chi connectivity index (χ2v) is 4.36. The second-order valence-electron chi connectivity index (χ2n) is 4.36. The van der Waals surface area contributed by atoms with E-state index in [-0.39, 0.29) is 30.6 Å². The minimum Gasteiger partial charge on any atom is -0.399 e. The Morgan fingerprint density at radius 2 is 2.00 bits per heavy atom. The highest BCUT2D eigenvalue weighted by Crippen LogP contribution is 2.22. The number of amides is 1. The molecule has 0 fully saturated rings. The van der Waals surface area contributed by atoms with Crippen molar-refractivity contribution in [3.05, 3.63) is 33.9 Å². The van der Waals surface area contributed by atoms with Gasteiger partial charge in [0, 0.05) is 24.7 Å². The van der Waals surface area contributed by atoms with E-state index in [9.17, 15) is 28.1 Å². The summed E-state index contributed by atoms with van der Waals surface area (Å²) in [6.07, 6.45) is -5.15. The number of halogens is 3. The lowest BCUT2D eigenvalue weighted by Gasteiger charge is -2.08. The number of alkyl halides is 3. The van der Waals surface area contributed by atoms with Gasteiger partial charge in [0.25, 0.3) is 11.6 Å². The maximum atomic E-state index is 11.9. The molecule has 1 aromatic carbocycles. The third-order valence-corrected chi connectivity index (χ3v) is 2.63. The lowest BCUT2D eigenvalue weighted by Crippen LogP contribution is -2.25. The average Bonchev–Trinajstić information content (AvgIpc) is 2.36. The van der Waals surface area contributed by atoms with E-state index in [1.54, 1.807) is 0 Å². The fourth-order valence-electron chi connectivity index (χ4n) is 1.64. The molecule has 6 nitrogen and oxygen atoms in total. The van der Waals surface area contributed by atoms with Gasteiger partial charge in [0.1, 0.15) is 5.56 Å². The van der Waals surface area contributed by atoms with Crippen LogP contribution in [0.1, 0.15) is 29.6 Å². The summed E-state index contributed by atoms with van der Waals surface area (Å²) in [6.45, 7) is 0.000860. The van der Waals surface area contributed by atoms with E-state index < -0.39 is 29.1 Å². The van der Waals surface area contributed by atoms with Gasteiger partial charge in [-0.25, -0.2) is 0 Å². The van der Waals surface area contributed by atoms with Crippen molar-refractivity contribution in [2.45, 2.75) is 25.4 Å². The van der Waals surface area contributed by atoms with Gasteiger partial charge in [-0.2, -0.15) is 13.2 Å². The number of nitro benzene ring substituents is 1. The highest BCUT2D eigenvalue weighted by atomic mass is 19.4. The predicted octanol–water partition coefficient (Wildman–Crippen LogP) is 2.64. The van der Waals surface area contributed by atoms with Crippen LogP contribution in [0.25, 0.3) is 0 Å². The Labute approximate surface area is 118 Å². The smallest absolute Gasteiger partial charge is 0.389 e. The van der Waals surface area contributed by atoms with Crippen molar-refractivity contribution >= 4 is 17.3 Å². The van der Waals surface area contributed by atoms with Gasteiger partial charge in [0.05, 0.1) is 4.92 Å². The van der Waals surface area contributed by atoms with Crippen LogP contribution in [0.2, 0.25) is 0 Å². The molecule has 0 bridgehead atoms. The number of nitro groups is 1. The summed E-state index contributed by atoms with van der Waals surface area (Å²) in [5, 5.41) is 13.1. The van der Waals surface area contributed by atoms with E-state index in [2.05, 4.69) is 5.32 Å². The van der Waals surface area contributed by atoms with Gasteiger partial charge < -0.3 is 11.1 Å². The number of rotatable bonds is 6. The molecule has 0 aromatic heterocycles. The first-order valence-corrected chi connectivity index (χ1v) is 6.09. The second kappa shape index (κ2) is 6.91.